The molecule has 7 heteroatoms. The van der Waals surface area contributed by atoms with Crippen LogP contribution in [0.4, 0.5) is 5.13 Å². The molecule has 1 aliphatic carbocycles. The average molecular weight is 420 g/mol. The van der Waals surface area contributed by atoms with Gasteiger partial charge in [-0.05, 0) is 43.2 Å². The van der Waals surface area contributed by atoms with E-state index in [9.17, 15) is 4.79 Å². The third-order valence-corrected chi connectivity index (χ3v) is 7.98. The molecule has 1 aromatic heterocycles. The highest BCUT2D eigenvalue weighted by atomic mass is 32.2. The zero-order valence-corrected chi connectivity index (χ0v) is 18.0. The summed E-state index contributed by atoms with van der Waals surface area (Å²) < 4.78 is 6.49. The minimum Gasteiger partial charge on any atom is -0.378 e. The van der Waals surface area contributed by atoms with Crippen molar-refractivity contribution in [3.05, 3.63) is 23.8 Å². The molecule has 2 aromatic rings. The number of thiazole rings is 1. The van der Waals surface area contributed by atoms with Gasteiger partial charge in [0.15, 0.2) is 5.13 Å². The molecule has 152 valence electrons. The van der Waals surface area contributed by atoms with E-state index in [2.05, 4.69) is 22.0 Å². The number of amides is 1. The van der Waals surface area contributed by atoms with Gasteiger partial charge in [0, 0.05) is 30.4 Å². The first-order valence-corrected chi connectivity index (χ1v) is 12.3. The van der Waals surface area contributed by atoms with Gasteiger partial charge in [0.05, 0.1) is 23.4 Å². The number of nitrogens with one attached hydrogen (secondary N) is 1. The van der Waals surface area contributed by atoms with Gasteiger partial charge in [-0.2, -0.15) is 11.8 Å². The number of anilines is 1. The third kappa shape index (κ3) is 5.19. The van der Waals surface area contributed by atoms with Gasteiger partial charge in [-0.25, -0.2) is 4.98 Å². The summed E-state index contributed by atoms with van der Waals surface area (Å²) in [5.41, 5.74) is 1.69. The van der Waals surface area contributed by atoms with Crippen molar-refractivity contribution in [3.63, 3.8) is 0 Å². The van der Waals surface area contributed by atoms with Crippen LogP contribution in [0.2, 0.25) is 0 Å². The standard InChI is InChI=1S/C21H29N3O2S2/c25-20(22-9-4-14-27-17-5-2-1-3-6-17)16-7-8-18-19(15-16)28-21(23-18)24-10-12-26-13-11-24/h7-8,15,17H,1-6,9-14H2,(H,22,25). The number of hydrogen-bond donors (Lipinski definition) is 1. The van der Waals surface area contributed by atoms with E-state index in [1.54, 1.807) is 11.3 Å². The van der Waals surface area contributed by atoms with Crippen LogP contribution < -0.4 is 10.2 Å². The van der Waals surface area contributed by atoms with E-state index in [-0.39, 0.29) is 5.91 Å². The molecule has 2 heterocycles. The highest BCUT2D eigenvalue weighted by Crippen LogP contribution is 2.30. The quantitative estimate of drug-likeness (QED) is 0.678. The summed E-state index contributed by atoms with van der Waals surface area (Å²) in [4.78, 5) is 19.5. The number of aromatic nitrogens is 1. The van der Waals surface area contributed by atoms with Gasteiger partial charge < -0.3 is 15.0 Å². The molecule has 0 atom stereocenters. The number of carbonyl (C=O) groups is 1. The number of morpholine rings is 1. The lowest BCUT2D eigenvalue weighted by Crippen LogP contribution is -2.36. The molecule has 2 aliphatic rings. The molecule has 4 rings (SSSR count). The van der Waals surface area contributed by atoms with Gasteiger partial charge in [0.2, 0.25) is 0 Å². The Labute approximate surface area is 175 Å². The molecule has 0 spiro atoms. The van der Waals surface area contributed by atoms with Crippen molar-refractivity contribution < 1.29 is 9.53 Å². The van der Waals surface area contributed by atoms with Crippen molar-refractivity contribution in [3.8, 4) is 0 Å². The van der Waals surface area contributed by atoms with Crippen molar-refractivity contribution in [2.75, 3.05) is 43.5 Å². The highest BCUT2D eigenvalue weighted by molar-refractivity contribution is 7.99. The predicted octanol–water partition coefficient (Wildman–Crippen LogP) is 4.32. The maximum atomic E-state index is 12.5. The second-order valence-electron chi connectivity index (χ2n) is 7.52. The molecule has 0 bridgehead atoms. The van der Waals surface area contributed by atoms with Crippen LogP contribution in [-0.2, 0) is 4.74 Å². The van der Waals surface area contributed by atoms with Crippen LogP contribution in [0.1, 0.15) is 48.9 Å². The topological polar surface area (TPSA) is 54.5 Å². The summed E-state index contributed by atoms with van der Waals surface area (Å²) in [6.45, 7) is 4.02. The Morgan fingerprint density at radius 1 is 1.25 bits per heavy atom. The number of hydrogen-bond acceptors (Lipinski definition) is 6. The first kappa shape index (κ1) is 20.0. The SMILES string of the molecule is O=C(NCCCSC1CCCCC1)c1ccc2nc(N3CCOCC3)sc2c1. The van der Waals surface area contributed by atoms with Gasteiger partial charge in [-0.1, -0.05) is 30.6 Å². The molecular formula is C21H29N3O2S2. The molecule has 2 fully saturated rings. The lowest BCUT2D eigenvalue weighted by atomic mass is 10.0. The summed E-state index contributed by atoms with van der Waals surface area (Å²) in [6.07, 6.45) is 7.97. The third-order valence-electron chi connectivity index (χ3n) is 5.43. The minimum absolute atomic E-state index is 0.0193. The maximum Gasteiger partial charge on any atom is 0.251 e. The maximum absolute atomic E-state index is 12.5. The van der Waals surface area contributed by atoms with Crippen molar-refractivity contribution in [1.82, 2.24) is 10.3 Å². The van der Waals surface area contributed by atoms with E-state index in [4.69, 9.17) is 9.72 Å². The van der Waals surface area contributed by atoms with Crippen LogP contribution in [0.25, 0.3) is 10.2 Å². The molecule has 1 amide bonds. The summed E-state index contributed by atoms with van der Waals surface area (Å²) in [5.74, 6) is 1.16. The van der Waals surface area contributed by atoms with Gasteiger partial charge in [-0.15, -0.1) is 0 Å². The van der Waals surface area contributed by atoms with E-state index in [0.29, 0.717) is 0 Å². The number of rotatable bonds is 7. The van der Waals surface area contributed by atoms with Gasteiger partial charge >= 0.3 is 0 Å². The van der Waals surface area contributed by atoms with Crippen molar-refractivity contribution in [1.29, 1.82) is 0 Å². The fourth-order valence-electron chi connectivity index (χ4n) is 3.80. The Bertz CT molecular complexity index is 783. The molecule has 1 saturated heterocycles. The highest BCUT2D eigenvalue weighted by Gasteiger charge is 2.17. The second-order valence-corrected chi connectivity index (χ2v) is 9.94. The summed E-state index contributed by atoms with van der Waals surface area (Å²) >= 11 is 3.75. The Morgan fingerprint density at radius 2 is 2.07 bits per heavy atom. The molecule has 28 heavy (non-hydrogen) atoms. The summed E-state index contributed by atoms with van der Waals surface area (Å²) in [5, 5.41) is 4.95. The van der Waals surface area contributed by atoms with Crippen molar-refractivity contribution >= 4 is 44.4 Å². The molecule has 1 N–H and O–H groups in total. The van der Waals surface area contributed by atoms with Gasteiger partial charge in [0.1, 0.15) is 0 Å². The van der Waals surface area contributed by atoms with Crippen molar-refractivity contribution in [2.24, 2.45) is 0 Å². The number of benzene rings is 1. The molecule has 1 aromatic carbocycles. The Balaban J connectivity index is 1.26. The fourth-order valence-corrected chi connectivity index (χ4v) is 6.17. The normalized spacial score (nSPS) is 18.5. The second kappa shape index (κ2) is 9.94. The van der Waals surface area contributed by atoms with E-state index < -0.39 is 0 Å². The van der Waals surface area contributed by atoms with Crippen LogP contribution in [-0.4, -0.2) is 54.7 Å². The Hall–Kier alpha value is -1.31. The van der Waals surface area contributed by atoms with Crippen LogP contribution in [0, 0.1) is 0 Å². The summed E-state index contributed by atoms with van der Waals surface area (Å²) in [6, 6.07) is 5.82. The first-order chi connectivity index (χ1) is 13.8. The molecule has 0 radical (unpaired) electrons. The smallest absolute Gasteiger partial charge is 0.251 e. The van der Waals surface area contributed by atoms with Crippen LogP contribution in [0.5, 0.6) is 0 Å². The number of nitrogens with zero attached hydrogens (tertiary/aromatic N) is 2. The molecule has 5 nitrogen and oxygen atoms in total. The Kier molecular flexibility index (Phi) is 7.09. The zero-order chi connectivity index (χ0) is 19.2. The largest absolute Gasteiger partial charge is 0.378 e. The molecule has 0 unspecified atom stereocenters. The first-order valence-electron chi connectivity index (χ1n) is 10.4. The molecule has 1 saturated carbocycles. The number of thioether (sulfide) groups is 1. The van der Waals surface area contributed by atoms with Crippen LogP contribution >= 0.6 is 23.1 Å². The van der Waals surface area contributed by atoms with Crippen LogP contribution in [0.15, 0.2) is 18.2 Å². The number of carbonyl (C=O) groups excluding carboxylic acids is 1. The van der Waals surface area contributed by atoms with E-state index in [1.807, 2.05) is 18.2 Å². The van der Waals surface area contributed by atoms with Gasteiger partial charge in [0.25, 0.3) is 5.91 Å². The van der Waals surface area contributed by atoms with Crippen molar-refractivity contribution in [2.45, 2.75) is 43.8 Å². The Morgan fingerprint density at radius 3 is 2.89 bits per heavy atom. The van der Waals surface area contributed by atoms with E-state index >= 15 is 0 Å². The fraction of sp³-hybridized carbons (Fsp3) is 0.619. The van der Waals surface area contributed by atoms with Gasteiger partial charge in [-0.3, -0.25) is 4.79 Å². The predicted molar refractivity (Wildman–Crippen MR) is 119 cm³/mol. The lowest BCUT2D eigenvalue weighted by molar-refractivity contribution is 0.0954. The number of fused-ring (bicyclic) bond motifs is 1. The average Bonchev–Trinajstić information content (AvgIpc) is 3.18. The zero-order valence-electron chi connectivity index (χ0n) is 16.3. The van der Waals surface area contributed by atoms with Crippen LogP contribution in [0.3, 0.4) is 0 Å². The lowest BCUT2D eigenvalue weighted by Gasteiger charge is -2.25. The minimum atomic E-state index is 0.0193. The monoisotopic (exact) mass is 419 g/mol. The van der Waals surface area contributed by atoms with E-state index in [0.717, 1.165) is 71.2 Å². The van der Waals surface area contributed by atoms with E-state index in [1.165, 1.54) is 32.1 Å². The molecule has 1 aliphatic heterocycles. The molecular weight excluding hydrogens is 390 g/mol. The number of ether oxygens (including phenoxy) is 1. The summed E-state index contributed by atoms with van der Waals surface area (Å²) in [7, 11) is 0.